The van der Waals surface area contributed by atoms with Gasteiger partial charge in [0.05, 0.1) is 5.56 Å². The van der Waals surface area contributed by atoms with Crippen molar-refractivity contribution in [3.63, 3.8) is 0 Å². The van der Waals surface area contributed by atoms with Gasteiger partial charge in [0, 0.05) is 0 Å². The average molecular weight is 301 g/mol. The Kier molecular flexibility index (Phi) is 3.96. The molecule has 0 fully saturated rings. The lowest BCUT2D eigenvalue weighted by Gasteiger charge is -2.26. The van der Waals surface area contributed by atoms with Crippen LogP contribution in [-0.4, -0.2) is 18.6 Å². The van der Waals surface area contributed by atoms with Gasteiger partial charge in [0.15, 0.2) is 11.5 Å². The minimum atomic E-state index is -0.751. The van der Waals surface area contributed by atoms with Crippen molar-refractivity contribution in [1.82, 2.24) is 0 Å². The average Bonchev–Trinajstić information content (AvgIpc) is 2.52. The van der Waals surface area contributed by atoms with Crippen LogP contribution in [0.1, 0.15) is 22.3 Å². The predicted molar refractivity (Wildman–Crippen MR) is 79.6 cm³/mol. The minimum Gasteiger partial charge on any atom is -0.486 e. The first-order chi connectivity index (χ1) is 10.6. The molecular weight excluding hydrogens is 285 g/mol. The standard InChI is InChI=1S/C17H16FNO3/c18-13-5-3-4-11(16(13)17(19)20)8-9-12-10-21-14-6-1-2-7-15(14)22-12/h1-7,12H,8-10H2,(H2,19,20)/t12-/m1/s1. The number of carbonyl (C=O) groups excluding carboxylic acids is 1. The van der Waals surface area contributed by atoms with E-state index in [4.69, 9.17) is 15.2 Å². The maximum Gasteiger partial charge on any atom is 0.251 e. The Morgan fingerprint density at radius 2 is 1.95 bits per heavy atom. The quantitative estimate of drug-likeness (QED) is 0.944. The molecule has 1 amide bonds. The van der Waals surface area contributed by atoms with Crippen LogP contribution < -0.4 is 15.2 Å². The van der Waals surface area contributed by atoms with E-state index in [1.807, 2.05) is 24.3 Å². The molecule has 5 heteroatoms. The third kappa shape index (κ3) is 2.88. The topological polar surface area (TPSA) is 61.6 Å². The van der Waals surface area contributed by atoms with Crippen molar-refractivity contribution in [3.05, 3.63) is 59.4 Å². The second-order valence-corrected chi connectivity index (χ2v) is 5.17. The summed E-state index contributed by atoms with van der Waals surface area (Å²) in [7, 11) is 0. The Morgan fingerprint density at radius 1 is 1.18 bits per heavy atom. The summed E-state index contributed by atoms with van der Waals surface area (Å²) in [5.74, 6) is 0.0888. The van der Waals surface area contributed by atoms with Crippen LogP contribution in [0.3, 0.4) is 0 Å². The predicted octanol–water partition coefficient (Wildman–Crippen LogP) is 2.70. The summed E-state index contributed by atoms with van der Waals surface area (Å²) in [6, 6.07) is 12.0. The Labute approximate surface area is 127 Å². The SMILES string of the molecule is NC(=O)c1c(F)cccc1CC[C@@H]1COc2ccccc2O1. The third-order valence-electron chi connectivity index (χ3n) is 3.65. The van der Waals surface area contributed by atoms with E-state index in [1.165, 1.54) is 6.07 Å². The molecule has 2 aromatic rings. The molecule has 1 aliphatic rings. The first kappa shape index (κ1) is 14.4. The third-order valence-corrected chi connectivity index (χ3v) is 3.65. The number of ether oxygens (including phenoxy) is 2. The number of rotatable bonds is 4. The summed E-state index contributed by atoms with van der Waals surface area (Å²) in [6.07, 6.45) is 0.962. The summed E-state index contributed by atoms with van der Waals surface area (Å²) < 4.78 is 25.2. The lowest BCUT2D eigenvalue weighted by Crippen LogP contribution is -2.29. The number of halogens is 1. The Morgan fingerprint density at radius 3 is 2.73 bits per heavy atom. The number of amides is 1. The fourth-order valence-electron chi connectivity index (χ4n) is 2.57. The van der Waals surface area contributed by atoms with Crippen molar-refractivity contribution in [2.24, 2.45) is 5.73 Å². The molecule has 0 aliphatic carbocycles. The zero-order chi connectivity index (χ0) is 15.5. The van der Waals surface area contributed by atoms with Crippen LogP contribution in [0.5, 0.6) is 11.5 Å². The van der Waals surface area contributed by atoms with Crippen LogP contribution >= 0.6 is 0 Å². The molecule has 1 aliphatic heterocycles. The summed E-state index contributed by atoms with van der Waals surface area (Å²) in [5, 5.41) is 0. The van der Waals surface area contributed by atoms with E-state index in [9.17, 15) is 9.18 Å². The zero-order valence-electron chi connectivity index (χ0n) is 11.9. The van der Waals surface area contributed by atoms with Crippen molar-refractivity contribution >= 4 is 5.91 Å². The van der Waals surface area contributed by atoms with Crippen LogP contribution in [-0.2, 0) is 6.42 Å². The Balaban J connectivity index is 1.70. The molecule has 1 heterocycles. The van der Waals surface area contributed by atoms with E-state index in [0.29, 0.717) is 30.8 Å². The van der Waals surface area contributed by atoms with Gasteiger partial charge < -0.3 is 15.2 Å². The monoisotopic (exact) mass is 301 g/mol. The number of carbonyl (C=O) groups is 1. The van der Waals surface area contributed by atoms with Crippen LogP contribution in [0.4, 0.5) is 4.39 Å². The van der Waals surface area contributed by atoms with Gasteiger partial charge >= 0.3 is 0 Å². The van der Waals surface area contributed by atoms with Gasteiger partial charge in [-0.05, 0) is 36.6 Å². The number of para-hydroxylation sites is 2. The highest BCUT2D eigenvalue weighted by Crippen LogP contribution is 2.32. The highest BCUT2D eigenvalue weighted by Gasteiger charge is 2.21. The molecule has 0 bridgehead atoms. The highest BCUT2D eigenvalue weighted by atomic mass is 19.1. The molecule has 2 N–H and O–H groups in total. The molecule has 0 spiro atoms. The van der Waals surface area contributed by atoms with E-state index in [1.54, 1.807) is 12.1 Å². The van der Waals surface area contributed by atoms with Crippen LogP contribution in [0.15, 0.2) is 42.5 Å². The van der Waals surface area contributed by atoms with Crippen LogP contribution in [0, 0.1) is 5.82 Å². The Hall–Kier alpha value is -2.56. The number of hydrogen-bond donors (Lipinski definition) is 1. The lowest BCUT2D eigenvalue weighted by atomic mass is 10.00. The van der Waals surface area contributed by atoms with Crippen LogP contribution in [0.25, 0.3) is 0 Å². The van der Waals surface area contributed by atoms with Crippen molar-refractivity contribution in [1.29, 1.82) is 0 Å². The number of aryl methyl sites for hydroxylation is 1. The number of nitrogens with two attached hydrogens (primary N) is 1. The van der Waals surface area contributed by atoms with Gasteiger partial charge in [-0.15, -0.1) is 0 Å². The molecule has 0 saturated heterocycles. The molecule has 3 rings (SSSR count). The van der Waals surface area contributed by atoms with Gasteiger partial charge in [0.25, 0.3) is 5.91 Å². The molecule has 2 aromatic carbocycles. The van der Waals surface area contributed by atoms with E-state index in [0.717, 1.165) is 5.75 Å². The summed E-state index contributed by atoms with van der Waals surface area (Å²) >= 11 is 0. The minimum absolute atomic E-state index is 0.0420. The smallest absolute Gasteiger partial charge is 0.251 e. The normalized spacial score (nSPS) is 16.3. The number of primary amides is 1. The molecule has 114 valence electrons. The maximum absolute atomic E-state index is 13.7. The van der Waals surface area contributed by atoms with Crippen molar-refractivity contribution in [2.75, 3.05) is 6.61 Å². The van der Waals surface area contributed by atoms with Gasteiger partial charge in [-0.2, -0.15) is 0 Å². The molecule has 1 atom stereocenters. The molecule has 4 nitrogen and oxygen atoms in total. The van der Waals surface area contributed by atoms with Crippen LogP contribution in [0.2, 0.25) is 0 Å². The van der Waals surface area contributed by atoms with Gasteiger partial charge in [-0.25, -0.2) is 4.39 Å². The van der Waals surface area contributed by atoms with Crippen molar-refractivity contribution in [2.45, 2.75) is 18.9 Å². The number of benzene rings is 2. The summed E-state index contributed by atoms with van der Waals surface area (Å²) in [4.78, 5) is 11.4. The largest absolute Gasteiger partial charge is 0.486 e. The molecular formula is C17H16FNO3. The second-order valence-electron chi connectivity index (χ2n) is 5.17. The van der Waals surface area contributed by atoms with E-state index in [2.05, 4.69) is 0 Å². The first-order valence-electron chi connectivity index (χ1n) is 7.11. The van der Waals surface area contributed by atoms with Gasteiger partial charge in [-0.3, -0.25) is 4.79 Å². The summed E-state index contributed by atoms with van der Waals surface area (Å²) in [5.41, 5.74) is 5.80. The fourth-order valence-corrected chi connectivity index (χ4v) is 2.57. The Bertz CT molecular complexity index is 702. The molecule has 0 saturated carbocycles. The molecule has 0 unspecified atom stereocenters. The molecule has 0 radical (unpaired) electrons. The van der Waals surface area contributed by atoms with Gasteiger partial charge in [-0.1, -0.05) is 24.3 Å². The second kappa shape index (κ2) is 6.05. The molecule has 0 aromatic heterocycles. The van der Waals surface area contributed by atoms with Gasteiger partial charge in [0.1, 0.15) is 18.5 Å². The van der Waals surface area contributed by atoms with Crippen molar-refractivity contribution < 1.29 is 18.7 Å². The van der Waals surface area contributed by atoms with E-state index < -0.39 is 11.7 Å². The number of hydrogen-bond acceptors (Lipinski definition) is 3. The lowest BCUT2D eigenvalue weighted by molar-refractivity contribution is 0.0849. The fraction of sp³-hybridized carbons (Fsp3) is 0.235. The first-order valence-corrected chi connectivity index (χ1v) is 7.11. The van der Waals surface area contributed by atoms with Gasteiger partial charge in [0.2, 0.25) is 0 Å². The maximum atomic E-state index is 13.7. The summed E-state index contributed by atoms with van der Waals surface area (Å²) in [6.45, 7) is 0.429. The van der Waals surface area contributed by atoms with Crippen molar-refractivity contribution in [3.8, 4) is 11.5 Å². The van der Waals surface area contributed by atoms with E-state index in [-0.39, 0.29) is 11.7 Å². The molecule has 22 heavy (non-hydrogen) atoms. The highest BCUT2D eigenvalue weighted by molar-refractivity contribution is 5.94. The number of fused-ring (bicyclic) bond motifs is 1. The van der Waals surface area contributed by atoms with E-state index >= 15 is 0 Å². The zero-order valence-corrected chi connectivity index (χ0v) is 11.9.